The molecule has 0 aliphatic carbocycles. The van der Waals surface area contributed by atoms with Crippen molar-refractivity contribution < 1.29 is 19.0 Å². The average molecular weight is 688 g/mol. The van der Waals surface area contributed by atoms with E-state index in [1.807, 2.05) is 32.9 Å². The van der Waals surface area contributed by atoms with Crippen LogP contribution < -0.4 is 15.0 Å². The molecule has 1 aromatic heterocycles. The number of rotatable bonds is 9. The number of fused-ring (bicyclic) bond motifs is 1. The van der Waals surface area contributed by atoms with Crippen LogP contribution in [0.3, 0.4) is 0 Å². The summed E-state index contributed by atoms with van der Waals surface area (Å²) in [7, 11) is 1.30. The van der Waals surface area contributed by atoms with Crippen LogP contribution in [0.25, 0.3) is 10.9 Å². The first kappa shape index (κ1) is 28.3. The van der Waals surface area contributed by atoms with Crippen molar-refractivity contribution in [1.82, 2.24) is 9.66 Å². The minimum Gasteiger partial charge on any atom is -0.490 e. The number of carbonyl (C=O) groups is 1. The van der Waals surface area contributed by atoms with E-state index in [4.69, 9.17) is 19.2 Å². The summed E-state index contributed by atoms with van der Waals surface area (Å²) in [6.45, 7) is 7.84. The predicted octanol–water partition coefficient (Wildman–Crippen LogP) is 6.42. The number of esters is 1. The van der Waals surface area contributed by atoms with Crippen molar-refractivity contribution in [2.45, 2.75) is 46.1 Å². The molecule has 2 aromatic carbocycles. The number of halogens is 3. The molecular weight excluding hydrogens is 662 g/mol. The van der Waals surface area contributed by atoms with Crippen LogP contribution in [-0.4, -0.2) is 41.7 Å². The number of carbonyl (C=O) groups excluding carboxylic acids is 1. The zero-order valence-corrected chi connectivity index (χ0v) is 25.2. The van der Waals surface area contributed by atoms with Gasteiger partial charge in [-0.25, -0.2) is 9.78 Å². The number of aromatic nitrogens is 2. The predicted molar refractivity (Wildman–Crippen MR) is 151 cm³/mol. The molecule has 0 spiro atoms. The summed E-state index contributed by atoms with van der Waals surface area (Å²) in [6.07, 6.45) is 1.50. The van der Waals surface area contributed by atoms with Crippen molar-refractivity contribution in [2.24, 2.45) is 5.10 Å². The zero-order valence-electron chi connectivity index (χ0n) is 20.5. The quantitative estimate of drug-likeness (QED) is 0.191. The maximum absolute atomic E-state index is 13.4. The molecule has 0 saturated heterocycles. The molecule has 0 N–H and O–H groups in total. The Morgan fingerprint density at radius 3 is 2.53 bits per heavy atom. The molecule has 0 unspecified atom stereocenters. The largest absolute Gasteiger partial charge is 0.490 e. The average Bonchev–Trinajstić information content (AvgIpc) is 2.87. The highest BCUT2D eigenvalue weighted by Crippen LogP contribution is 2.43. The van der Waals surface area contributed by atoms with E-state index in [2.05, 4.69) is 52.9 Å². The fourth-order valence-corrected chi connectivity index (χ4v) is 4.64. The molecule has 3 rings (SSSR count). The number of ether oxygens (including phenoxy) is 3. The number of hydrogen-bond donors (Lipinski definition) is 0. The van der Waals surface area contributed by atoms with Crippen LogP contribution in [0, 0.1) is 0 Å². The van der Waals surface area contributed by atoms with E-state index >= 15 is 0 Å². The van der Waals surface area contributed by atoms with E-state index < -0.39 is 12.1 Å². The molecule has 0 bridgehead atoms. The highest BCUT2D eigenvalue weighted by atomic mass is 79.9. The highest BCUT2D eigenvalue weighted by molar-refractivity contribution is 9.13. The Balaban J connectivity index is 2.15. The maximum Gasteiger partial charge on any atom is 0.346 e. The first-order valence-electron chi connectivity index (χ1n) is 11.3. The Labute approximate surface area is 234 Å². The summed E-state index contributed by atoms with van der Waals surface area (Å²) >= 11 is 10.5. The molecule has 192 valence electrons. The number of methoxy groups -OCH3 is 1. The van der Waals surface area contributed by atoms with Gasteiger partial charge in [-0.1, -0.05) is 29.8 Å². The lowest BCUT2D eigenvalue weighted by Gasteiger charge is -2.19. The van der Waals surface area contributed by atoms with Gasteiger partial charge >= 0.3 is 5.97 Å². The van der Waals surface area contributed by atoms with E-state index in [1.165, 1.54) is 11.8 Å². The molecule has 0 saturated carbocycles. The fourth-order valence-electron chi connectivity index (χ4n) is 3.36. The van der Waals surface area contributed by atoms with Gasteiger partial charge in [0.05, 0.1) is 35.3 Å². The van der Waals surface area contributed by atoms with E-state index in [9.17, 15) is 9.59 Å². The Hall–Kier alpha value is -2.24. The van der Waals surface area contributed by atoms with E-state index in [0.29, 0.717) is 49.3 Å². The third kappa shape index (κ3) is 6.00. The Kier molecular flexibility index (Phi) is 9.71. The van der Waals surface area contributed by atoms with Gasteiger partial charge in [-0.3, -0.25) is 4.79 Å². The van der Waals surface area contributed by atoms with E-state index in [1.54, 1.807) is 25.3 Å². The van der Waals surface area contributed by atoms with Gasteiger partial charge in [-0.05, 0) is 76.4 Å². The van der Waals surface area contributed by atoms with Gasteiger partial charge in [0, 0.05) is 20.4 Å². The molecule has 2 atom stereocenters. The van der Waals surface area contributed by atoms with Gasteiger partial charge in [0.25, 0.3) is 5.56 Å². The van der Waals surface area contributed by atoms with Crippen molar-refractivity contribution in [1.29, 1.82) is 0 Å². The Morgan fingerprint density at radius 1 is 1.17 bits per heavy atom. The van der Waals surface area contributed by atoms with Crippen LogP contribution >= 0.6 is 47.8 Å². The standard InChI is InChI=1S/C25H26Br3N3O5/c1-6-13(3)23-30-18-9-8-16(26)11-17(18)24(32)31(23)29-12-15-10-19(35-7-2)22(21(28)20(15)27)36-14(4)25(33)34-5/h8-14H,6-7H2,1-5H3/t13-,14-/m0/s1. The molecule has 3 aromatic rings. The van der Waals surface area contributed by atoms with E-state index in [-0.39, 0.29) is 11.5 Å². The summed E-state index contributed by atoms with van der Waals surface area (Å²) in [4.78, 5) is 30.0. The molecular formula is C25H26Br3N3O5. The van der Waals surface area contributed by atoms with Gasteiger partial charge in [0.1, 0.15) is 5.82 Å². The molecule has 11 heteroatoms. The second kappa shape index (κ2) is 12.3. The maximum atomic E-state index is 13.4. The van der Waals surface area contributed by atoms with Gasteiger partial charge in [0.15, 0.2) is 17.6 Å². The van der Waals surface area contributed by atoms with Crippen LogP contribution in [0.5, 0.6) is 11.5 Å². The monoisotopic (exact) mass is 685 g/mol. The van der Waals surface area contributed by atoms with Gasteiger partial charge in [-0.2, -0.15) is 9.78 Å². The number of nitrogens with zero attached hydrogens (tertiary/aromatic N) is 3. The fraction of sp³-hybridized carbons (Fsp3) is 0.360. The summed E-state index contributed by atoms with van der Waals surface area (Å²) in [5.41, 5.74) is 0.980. The van der Waals surface area contributed by atoms with Gasteiger partial charge in [-0.15, -0.1) is 0 Å². The zero-order chi connectivity index (χ0) is 26.6. The first-order valence-corrected chi connectivity index (χ1v) is 13.7. The second-order valence-electron chi connectivity index (χ2n) is 7.94. The molecule has 0 aliphatic rings. The minimum absolute atomic E-state index is 0.00708. The minimum atomic E-state index is -0.850. The lowest BCUT2D eigenvalue weighted by molar-refractivity contribution is -0.148. The van der Waals surface area contributed by atoms with Crippen LogP contribution in [0.4, 0.5) is 0 Å². The molecule has 0 radical (unpaired) electrons. The van der Waals surface area contributed by atoms with E-state index in [0.717, 1.165) is 10.9 Å². The molecule has 0 aliphatic heterocycles. The first-order chi connectivity index (χ1) is 17.1. The van der Waals surface area contributed by atoms with Crippen LogP contribution in [0.2, 0.25) is 0 Å². The SMILES string of the molecule is CCOc1cc(C=Nn2c([C@@H](C)CC)nc3ccc(Br)cc3c2=O)c(Br)c(Br)c1O[C@@H](C)C(=O)OC. The molecule has 0 fully saturated rings. The highest BCUT2D eigenvalue weighted by Gasteiger charge is 2.23. The summed E-state index contributed by atoms with van der Waals surface area (Å²) in [6, 6.07) is 7.14. The van der Waals surface area contributed by atoms with Crippen molar-refractivity contribution in [3.8, 4) is 11.5 Å². The smallest absolute Gasteiger partial charge is 0.346 e. The summed E-state index contributed by atoms with van der Waals surface area (Å²) in [5.74, 6) is 0.806. The Bertz CT molecular complexity index is 1370. The van der Waals surface area contributed by atoms with Crippen molar-refractivity contribution in [3.63, 3.8) is 0 Å². The molecule has 8 nitrogen and oxygen atoms in total. The summed E-state index contributed by atoms with van der Waals surface area (Å²) in [5, 5.41) is 5.00. The van der Waals surface area contributed by atoms with Gasteiger partial charge in [0.2, 0.25) is 0 Å². The molecule has 0 amide bonds. The van der Waals surface area contributed by atoms with Crippen LogP contribution in [-0.2, 0) is 9.53 Å². The van der Waals surface area contributed by atoms with Crippen molar-refractivity contribution in [2.75, 3.05) is 13.7 Å². The lowest BCUT2D eigenvalue weighted by Crippen LogP contribution is -2.25. The number of benzene rings is 2. The van der Waals surface area contributed by atoms with Gasteiger partial charge < -0.3 is 14.2 Å². The third-order valence-corrected chi connectivity index (χ3v) is 8.12. The topological polar surface area (TPSA) is 92.0 Å². The normalized spacial score (nSPS) is 13.1. The Morgan fingerprint density at radius 2 is 1.89 bits per heavy atom. The molecule has 36 heavy (non-hydrogen) atoms. The third-order valence-electron chi connectivity index (χ3n) is 5.48. The lowest BCUT2D eigenvalue weighted by atomic mass is 10.1. The van der Waals surface area contributed by atoms with Crippen LogP contribution in [0.15, 0.2) is 47.6 Å². The second-order valence-corrected chi connectivity index (χ2v) is 10.4. The number of hydrogen-bond acceptors (Lipinski definition) is 7. The van der Waals surface area contributed by atoms with Crippen molar-refractivity contribution in [3.05, 3.63) is 59.4 Å². The molecule has 1 heterocycles. The van der Waals surface area contributed by atoms with Crippen LogP contribution in [0.1, 0.15) is 51.4 Å². The van der Waals surface area contributed by atoms with Crippen molar-refractivity contribution >= 4 is 70.9 Å². The summed E-state index contributed by atoms with van der Waals surface area (Å²) < 4.78 is 19.6.